The molecule has 1 rings (SSSR count). The highest BCUT2D eigenvalue weighted by atomic mass is 16.4. The first-order valence-electron chi connectivity index (χ1n) is 6.05. The van der Waals surface area contributed by atoms with Crippen LogP contribution in [0.3, 0.4) is 0 Å². The van der Waals surface area contributed by atoms with E-state index in [2.05, 4.69) is 18.7 Å². The van der Waals surface area contributed by atoms with Crippen LogP contribution in [0.5, 0.6) is 0 Å². The van der Waals surface area contributed by atoms with E-state index in [0.717, 1.165) is 25.9 Å². The Morgan fingerprint density at radius 2 is 1.93 bits per heavy atom. The lowest BCUT2D eigenvalue weighted by Gasteiger charge is -2.42. The third kappa shape index (κ3) is 3.49. The van der Waals surface area contributed by atoms with Crippen LogP contribution in [0.1, 0.15) is 52.4 Å². The molecule has 1 fully saturated rings. The largest absolute Gasteiger partial charge is 0.481 e. The lowest BCUT2D eigenvalue weighted by atomic mass is 9.88. The molecule has 1 aliphatic rings. The monoisotopic (exact) mass is 213 g/mol. The summed E-state index contributed by atoms with van der Waals surface area (Å²) in [7, 11) is 0. The molecule has 1 aliphatic heterocycles. The molecule has 0 saturated carbocycles. The molecule has 0 aliphatic carbocycles. The predicted molar refractivity (Wildman–Crippen MR) is 61.0 cm³/mol. The Hall–Kier alpha value is -0.570. The summed E-state index contributed by atoms with van der Waals surface area (Å²) < 4.78 is 0. The van der Waals surface area contributed by atoms with Gasteiger partial charge in [0.1, 0.15) is 0 Å². The normalized spacial score (nSPS) is 22.3. The van der Waals surface area contributed by atoms with Gasteiger partial charge in [-0.3, -0.25) is 9.69 Å². The zero-order valence-electron chi connectivity index (χ0n) is 9.96. The molecule has 3 nitrogen and oxygen atoms in total. The van der Waals surface area contributed by atoms with Crippen LogP contribution in [-0.4, -0.2) is 34.6 Å². The van der Waals surface area contributed by atoms with E-state index in [9.17, 15) is 4.79 Å². The SMILES string of the molecule is CCCC(C)(CC(=O)O)N1CCCCC1. The minimum absolute atomic E-state index is 0.124. The maximum absolute atomic E-state index is 10.9. The standard InChI is InChI=1S/C12H23NO2/c1-3-7-12(2,10-11(14)15)13-8-5-4-6-9-13/h3-10H2,1-2H3,(H,14,15). The number of nitrogens with zero attached hydrogens (tertiary/aromatic N) is 1. The molecular weight excluding hydrogens is 190 g/mol. The number of hydrogen-bond donors (Lipinski definition) is 1. The van der Waals surface area contributed by atoms with Crippen LogP contribution in [0.25, 0.3) is 0 Å². The second-order valence-electron chi connectivity index (χ2n) is 4.87. The number of rotatable bonds is 5. The van der Waals surface area contributed by atoms with Crippen molar-refractivity contribution in [3.63, 3.8) is 0 Å². The fourth-order valence-corrected chi connectivity index (χ4v) is 2.66. The number of carbonyl (C=O) groups is 1. The van der Waals surface area contributed by atoms with E-state index in [-0.39, 0.29) is 12.0 Å². The van der Waals surface area contributed by atoms with E-state index in [1.807, 2.05) is 0 Å². The highest BCUT2D eigenvalue weighted by Crippen LogP contribution is 2.28. The highest BCUT2D eigenvalue weighted by Gasteiger charge is 2.33. The van der Waals surface area contributed by atoms with Gasteiger partial charge in [0.15, 0.2) is 0 Å². The maximum Gasteiger partial charge on any atom is 0.305 e. The van der Waals surface area contributed by atoms with Crippen molar-refractivity contribution >= 4 is 5.97 Å². The van der Waals surface area contributed by atoms with Crippen molar-refractivity contribution in [3.8, 4) is 0 Å². The summed E-state index contributed by atoms with van der Waals surface area (Å²) in [6, 6.07) is 0. The lowest BCUT2D eigenvalue weighted by Crippen LogP contribution is -2.50. The Morgan fingerprint density at radius 3 is 2.40 bits per heavy atom. The molecule has 1 atom stereocenters. The zero-order valence-corrected chi connectivity index (χ0v) is 9.96. The van der Waals surface area contributed by atoms with E-state index < -0.39 is 5.97 Å². The van der Waals surface area contributed by atoms with Crippen molar-refractivity contribution in [1.82, 2.24) is 4.90 Å². The van der Waals surface area contributed by atoms with Crippen molar-refractivity contribution in [1.29, 1.82) is 0 Å². The lowest BCUT2D eigenvalue weighted by molar-refractivity contribution is -0.140. The first-order chi connectivity index (χ1) is 7.08. The molecule has 0 aromatic heterocycles. The van der Waals surface area contributed by atoms with Crippen LogP contribution in [0.2, 0.25) is 0 Å². The van der Waals surface area contributed by atoms with Gasteiger partial charge in [0.25, 0.3) is 0 Å². The fraction of sp³-hybridized carbons (Fsp3) is 0.917. The summed E-state index contributed by atoms with van der Waals surface area (Å²) in [5.74, 6) is -0.670. The van der Waals surface area contributed by atoms with Gasteiger partial charge in [-0.05, 0) is 39.3 Å². The first kappa shape index (κ1) is 12.5. The Bertz CT molecular complexity index is 212. The van der Waals surface area contributed by atoms with Gasteiger partial charge in [0.2, 0.25) is 0 Å². The number of carboxylic acids is 1. The number of aliphatic carboxylic acids is 1. The van der Waals surface area contributed by atoms with E-state index in [4.69, 9.17) is 5.11 Å². The number of likely N-dealkylation sites (tertiary alicyclic amines) is 1. The molecule has 0 bridgehead atoms. The second kappa shape index (κ2) is 5.50. The van der Waals surface area contributed by atoms with Crippen LogP contribution in [-0.2, 0) is 4.79 Å². The third-order valence-corrected chi connectivity index (χ3v) is 3.44. The molecule has 0 radical (unpaired) electrons. The van der Waals surface area contributed by atoms with Gasteiger partial charge in [-0.1, -0.05) is 19.8 Å². The minimum Gasteiger partial charge on any atom is -0.481 e. The van der Waals surface area contributed by atoms with Gasteiger partial charge in [0, 0.05) is 5.54 Å². The number of carboxylic acid groups (broad SMARTS) is 1. The predicted octanol–water partition coefficient (Wildman–Crippen LogP) is 2.51. The third-order valence-electron chi connectivity index (χ3n) is 3.44. The van der Waals surface area contributed by atoms with E-state index in [0.29, 0.717) is 0 Å². The van der Waals surface area contributed by atoms with E-state index in [1.54, 1.807) is 0 Å². The molecule has 15 heavy (non-hydrogen) atoms. The van der Waals surface area contributed by atoms with Crippen LogP contribution < -0.4 is 0 Å². The summed E-state index contributed by atoms with van der Waals surface area (Å²) in [4.78, 5) is 13.3. The summed E-state index contributed by atoms with van der Waals surface area (Å²) in [6.07, 6.45) is 6.06. The number of piperidine rings is 1. The van der Waals surface area contributed by atoms with Crippen molar-refractivity contribution in [2.75, 3.05) is 13.1 Å². The topological polar surface area (TPSA) is 40.5 Å². The molecule has 1 heterocycles. The van der Waals surface area contributed by atoms with Gasteiger partial charge in [-0.25, -0.2) is 0 Å². The van der Waals surface area contributed by atoms with Crippen LogP contribution in [0.15, 0.2) is 0 Å². The van der Waals surface area contributed by atoms with Crippen molar-refractivity contribution in [2.24, 2.45) is 0 Å². The van der Waals surface area contributed by atoms with Gasteiger partial charge in [0.05, 0.1) is 6.42 Å². The average molecular weight is 213 g/mol. The average Bonchev–Trinajstić information content (AvgIpc) is 2.18. The Labute approximate surface area is 92.5 Å². The van der Waals surface area contributed by atoms with Gasteiger partial charge >= 0.3 is 5.97 Å². The van der Waals surface area contributed by atoms with Crippen LogP contribution in [0, 0.1) is 0 Å². The zero-order chi connectivity index (χ0) is 11.3. The minimum atomic E-state index is -0.670. The van der Waals surface area contributed by atoms with E-state index in [1.165, 1.54) is 19.3 Å². The Balaban J connectivity index is 2.64. The summed E-state index contributed by atoms with van der Waals surface area (Å²) in [5, 5.41) is 8.98. The summed E-state index contributed by atoms with van der Waals surface area (Å²) >= 11 is 0. The summed E-state index contributed by atoms with van der Waals surface area (Å²) in [6.45, 7) is 6.38. The molecule has 0 amide bonds. The molecule has 0 aromatic rings. The summed E-state index contributed by atoms with van der Waals surface area (Å²) in [5.41, 5.74) is -0.124. The van der Waals surface area contributed by atoms with Gasteiger partial charge in [-0.2, -0.15) is 0 Å². The highest BCUT2D eigenvalue weighted by molar-refractivity contribution is 5.68. The van der Waals surface area contributed by atoms with Gasteiger partial charge < -0.3 is 5.11 Å². The molecule has 88 valence electrons. The maximum atomic E-state index is 10.9. The van der Waals surface area contributed by atoms with Crippen molar-refractivity contribution in [2.45, 2.75) is 57.9 Å². The molecule has 1 saturated heterocycles. The van der Waals surface area contributed by atoms with Crippen LogP contribution in [0.4, 0.5) is 0 Å². The smallest absolute Gasteiger partial charge is 0.305 e. The van der Waals surface area contributed by atoms with Crippen LogP contribution >= 0.6 is 0 Å². The number of hydrogen-bond acceptors (Lipinski definition) is 2. The molecular formula is C12H23NO2. The Kier molecular flexibility index (Phi) is 4.58. The molecule has 1 unspecified atom stereocenters. The quantitative estimate of drug-likeness (QED) is 0.763. The first-order valence-corrected chi connectivity index (χ1v) is 6.05. The molecule has 1 N–H and O–H groups in total. The molecule has 3 heteroatoms. The Morgan fingerprint density at radius 1 is 1.33 bits per heavy atom. The fourth-order valence-electron chi connectivity index (χ4n) is 2.66. The van der Waals surface area contributed by atoms with Gasteiger partial charge in [-0.15, -0.1) is 0 Å². The van der Waals surface area contributed by atoms with E-state index >= 15 is 0 Å². The van der Waals surface area contributed by atoms with Crippen molar-refractivity contribution in [3.05, 3.63) is 0 Å². The molecule has 0 aromatic carbocycles. The van der Waals surface area contributed by atoms with Crippen molar-refractivity contribution < 1.29 is 9.90 Å². The molecule has 0 spiro atoms. The second-order valence-corrected chi connectivity index (χ2v) is 4.87.